The fourth-order valence-corrected chi connectivity index (χ4v) is 1.87. The van der Waals surface area contributed by atoms with Crippen molar-refractivity contribution in [3.8, 4) is 0 Å². The molecule has 0 atom stereocenters. The van der Waals surface area contributed by atoms with E-state index in [0.29, 0.717) is 0 Å². The van der Waals surface area contributed by atoms with Gasteiger partial charge in [0.05, 0.1) is 6.61 Å². The smallest absolute Gasteiger partial charge is 0.0589 e. The second-order valence-corrected chi connectivity index (χ2v) is 4.77. The summed E-state index contributed by atoms with van der Waals surface area (Å²) in [5.74, 6) is 0. The molecule has 0 aliphatic rings. The normalized spacial score (nSPS) is 11.2. The Balaban J connectivity index is 3.02. The van der Waals surface area contributed by atoms with Gasteiger partial charge in [-0.2, -0.15) is 0 Å². The van der Waals surface area contributed by atoms with Crippen LogP contribution in [0.1, 0.15) is 58.3 Å². The van der Waals surface area contributed by atoms with Crippen molar-refractivity contribution in [3.05, 3.63) is 0 Å². The minimum atomic E-state index is 0.855. The molecule has 0 aromatic rings. The van der Waals surface area contributed by atoms with Crippen LogP contribution in [0.3, 0.4) is 0 Å². The highest BCUT2D eigenvalue weighted by atomic mass is 16.5. The molecule has 0 fully saturated rings. The van der Waals surface area contributed by atoms with Crippen molar-refractivity contribution in [2.45, 2.75) is 58.3 Å². The lowest BCUT2D eigenvalue weighted by molar-refractivity contribution is 0.160. The van der Waals surface area contributed by atoms with Crippen LogP contribution in [0.5, 0.6) is 0 Å². The Morgan fingerprint density at radius 1 is 0.812 bits per heavy atom. The first-order valence-corrected chi connectivity index (χ1v) is 6.98. The second kappa shape index (κ2) is 13.0. The highest BCUT2D eigenvalue weighted by Gasteiger charge is 1.97. The molecule has 0 aliphatic carbocycles. The van der Waals surface area contributed by atoms with Crippen LogP contribution in [0.25, 0.3) is 0 Å². The molecule has 0 amide bonds. The summed E-state index contributed by atoms with van der Waals surface area (Å²) >= 11 is 0. The molecule has 0 spiro atoms. The van der Waals surface area contributed by atoms with E-state index in [1.165, 1.54) is 57.9 Å². The van der Waals surface area contributed by atoms with Crippen molar-refractivity contribution in [1.29, 1.82) is 0 Å². The number of methoxy groups -OCH3 is 1. The van der Waals surface area contributed by atoms with Gasteiger partial charge < -0.3 is 9.64 Å². The molecule has 0 radical (unpaired) electrons. The van der Waals surface area contributed by atoms with Crippen molar-refractivity contribution < 1.29 is 4.74 Å². The topological polar surface area (TPSA) is 12.5 Å². The Kier molecular flexibility index (Phi) is 12.9. The first-order valence-electron chi connectivity index (χ1n) is 6.98. The molecule has 0 unspecified atom stereocenters. The summed E-state index contributed by atoms with van der Waals surface area (Å²) in [6.07, 6.45) is 11.2. The molecule has 0 saturated heterocycles. The second-order valence-electron chi connectivity index (χ2n) is 4.77. The Morgan fingerprint density at radius 3 is 1.94 bits per heavy atom. The molecule has 0 bridgehead atoms. The van der Waals surface area contributed by atoms with E-state index in [4.69, 9.17) is 4.74 Å². The van der Waals surface area contributed by atoms with E-state index in [1.54, 1.807) is 7.11 Å². The maximum absolute atomic E-state index is 5.05. The van der Waals surface area contributed by atoms with Crippen LogP contribution in [0, 0.1) is 0 Å². The van der Waals surface area contributed by atoms with Gasteiger partial charge in [0.1, 0.15) is 0 Å². The lowest BCUT2D eigenvalue weighted by atomic mass is 10.1. The number of unbranched alkanes of at least 4 members (excludes halogenated alkanes) is 7. The molecule has 0 saturated carbocycles. The standard InChI is InChI=1S/C14H31NO/c1-4-5-6-7-8-9-10-11-12-15(2)13-14-16-3/h4-14H2,1-3H3. The van der Waals surface area contributed by atoms with Crippen molar-refractivity contribution in [2.75, 3.05) is 33.9 Å². The van der Waals surface area contributed by atoms with E-state index < -0.39 is 0 Å². The summed E-state index contributed by atoms with van der Waals surface area (Å²) in [4.78, 5) is 2.36. The Morgan fingerprint density at radius 2 is 1.38 bits per heavy atom. The van der Waals surface area contributed by atoms with Crippen molar-refractivity contribution in [3.63, 3.8) is 0 Å². The summed E-state index contributed by atoms with van der Waals surface area (Å²) < 4.78 is 5.05. The lowest BCUT2D eigenvalue weighted by Crippen LogP contribution is -2.23. The summed E-state index contributed by atoms with van der Waals surface area (Å²) in [5, 5.41) is 0. The molecular weight excluding hydrogens is 198 g/mol. The van der Waals surface area contributed by atoms with Gasteiger partial charge in [-0.05, 0) is 20.0 Å². The molecule has 0 aromatic carbocycles. The van der Waals surface area contributed by atoms with Gasteiger partial charge >= 0.3 is 0 Å². The van der Waals surface area contributed by atoms with Crippen LogP contribution in [-0.4, -0.2) is 38.8 Å². The van der Waals surface area contributed by atoms with Gasteiger partial charge in [0, 0.05) is 13.7 Å². The minimum absolute atomic E-state index is 0.855. The van der Waals surface area contributed by atoms with Gasteiger partial charge in [-0.1, -0.05) is 51.9 Å². The molecule has 0 N–H and O–H groups in total. The molecule has 2 nitrogen and oxygen atoms in total. The van der Waals surface area contributed by atoms with E-state index in [9.17, 15) is 0 Å². The molecule has 0 heterocycles. The van der Waals surface area contributed by atoms with Crippen LogP contribution >= 0.6 is 0 Å². The van der Waals surface area contributed by atoms with Gasteiger partial charge in [0.15, 0.2) is 0 Å². The Hall–Kier alpha value is -0.0800. The molecule has 0 rings (SSSR count). The summed E-state index contributed by atoms with van der Waals surface area (Å²) in [6, 6.07) is 0. The third kappa shape index (κ3) is 12.0. The van der Waals surface area contributed by atoms with Gasteiger partial charge in [0.25, 0.3) is 0 Å². The Bertz CT molecular complexity index is 128. The SMILES string of the molecule is CCCCCCCCCCN(C)CCOC. The summed E-state index contributed by atoms with van der Waals surface area (Å²) in [5.41, 5.74) is 0. The van der Waals surface area contributed by atoms with Gasteiger partial charge in [-0.25, -0.2) is 0 Å². The van der Waals surface area contributed by atoms with Crippen molar-refractivity contribution in [1.82, 2.24) is 4.90 Å². The predicted molar refractivity (Wildman–Crippen MR) is 72.0 cm³/mol. The van der Waals surface area contributed by atoms with Crippen LogP contribution in [0.2, 0.25) is 0 Å². The zero-order valence-corrected chi connectivity index (χ0v) is 11.6. The van der Waals surface area contributed by atoms with Gasteiger partial charge in [-0.3, -0.25) is 0 Å². The average Bonchev–Trinajstić information content (AvgIpc) is 2.30. The number of hydrogen-bond donors (Lipinski definition) is 0. The molecule has 0 aromatic heterocycles. The highest BCUT2D eigenvalue weighted by Crippen LogP contribution is 2.08. The maximum Gasteiger partial charge on any atom is 0.0589 e. The lowest BCUT2D eigenvalue weighted by Gasteiger charge is -2.15. The van der Waals surface area contributed by atoms with Crippen molar-refractivity contribution >= 4 is 0 Å². The van der Waals surface area contributed by atoms with Crippen LogP contribution in [-0.2, 0) is 4.74 Å². The molecule has 16 heavy (non-hydrogen) atoms. The number of ether oxygens (including phenoxy) is 1. The first-order chi connectivity index (χ1) is 7.81. The largest absolute Gasteiger partial charge is 0.383 e. The molecule has 0 aliphatic heterocycles. The number of hydrogen-bond acceptors (Lipinski definition) is 2. The molecule has 98 valence electrons. The fourth-order valence-electron chi connectivity index (χ4n) is 1.87. The van der Waals surface area contributed by atoms with Crippen LogP contribution < -0.4 is 0 Å². The number of nitrogens with zero attached hydrogens (tertiary/aromatic N) is 1. The van der Waals surface area contributed by atoms with E-state index >= 15 is 0 Å². The zero-order valence-electron chi connectivity index (χ0n) is 11.6. The van der Waals surface area contributed by atoms with Gasteiger partial charge in [0.2, 0.25) is 0 Å². The number of rotatable bonds is 12. The monoisotopic (exact) mass is 229 g/mol. The fraction of sp³-hybridized carbons (Fsp3) is 1.00. The maximum atomic E-state index is 5.05. The van der Waals surface area contributed by atoms with Crippen molar-refractivity contribution in [2.24, 2.45) is 0 Å². The summed E-state index contributed by atoms with van der Waals surface area (Å²) in [7, 11) is 3.95. The van der Waals surface area contributed by atoms with E-state index in [1.807, 2.05) is 0 Å². The Labute approximate surface area is 102 Å². The first kappa shape index (κ1) is 15.9. The van der Waals surface area contributed by atoms with Gasteiger partial charge in [-0.15, -0.1) is 0 Å². The predicted octanol–water partition coefficient (Wildman–Crippen LogP) is 3.71. The van der Waals surface area contributed by atoms with Crippen LogP contribution in [0.4, 0.5) is 0 Å². The average molecular weight is 229 g/mol. The molecule has 2 heteroatoms. The third-order valence-corrected chi connectivity index (χ3v) is 3.07. The highest BCUT2D eigenvalue weighted by molar-refractivity contribution is 4.52. The number of likely N-dealkylation sites (N-methyl/N-ethyl adjacent to an activating group) is 1. The third-order valence-electron chi connectivity index (χ3n) is 3.07. The zero-order chi connectivity index (χ0) is 12.1. The van der Waals surface area contributed by atoms with E-state index in [-0.39, 0.29) is 0 Å². The quantitative estimate of drug-likeness (QED) is 0.473. The summed E-state index contributed by atoms with van der Waals surface area (Å²) in [6.45, 7) is 5.41. The molecular formula is C14H31NO. The van der Waals surface area contributed by atoms with E-state index in [2.05, 4.69) is 18.9 Å². The van der Waals surface area contributed by atoms with E-state index in [0.717, 1.165) is 13.2 Å². The minimum Gasteiger partial charge on any atom is -0.383 e. The van der Waals surface area contributed by atoms with Crippen LogP contribution in [0.15, 0.2) is 0 Å².